The van der Waals surface area contributed by atoms with E-state index in [0.717, 1.165) is 10.8 Å². The quantitative estimate of drug-likeness (QED) is 0.813. The van der Waals surface area contributed by atoms with Crippen molar-refractivity contribution in [3.63, 3.8) is 0 Å². The molecule has 0 aromatic heterocycles. The number of hydrogen-bond donors (Lipinski definition) is 1. The van der Waals surface area contributed by atoms with Gasteiger partial charge < -0.3 is 9.84 Å². The highest BCUT2D eigenvalue weighted by molar-refractivity contribution is 6.83. The summed E-state index contributed by atoms with van der Waals surface area (Å²) in [5.41, 5.74) is 0.956. The van der Waals surface area contributed by atoms with Crippen molar-refractivity contribution in [1.82, 2.24) is 0 Å². The highest BCUT2D eigenvalue weighted by atomic mass is 28.3. The summed E-state index contributed by atoms with van der Waals surface area (Å²) < 4.78 is 5.09. The summed E-state index contributed by atoms with van der Waals surface area (Å²) in [5, 5.41) is 11.6. The molecular formula is C14H22O2Si. The van der Waals surface area contributed by atoms with E-state index in [-0.39, 0.29) is 0 Å². The average molecular weight is 250 g/mol. The number of aliphatic hydroxyl groups is 1. The Morgan fingerprint density at radius 2 is 1.88 bits per heavy atom. The molecule has 0 aliphatic carbocycles. The van der Waals surface area contributed by atoms with Crippen LogP contribution in [0, 0.1) is 0 Å². The van der Waals surface area contributed by atoms with E-state index < -0.39 is 14.2 Å². The second kappa shape index (κ2) is 6.14. The van der Waals surface area contributed by atoms with Crippen LogP contribution in [0.4, 0.5) is 0 Å². The summed E-state index contributed by atoms with van der Waals surface area (Å²) in [6.07, 6.45) is 1.53. The van der Waals surface area contributed by atoms with Crippen molar-refractivity contribution < 1.29 is 9.84 Å². The van der Waals surface area contributed by atoms with Crippen LogP contribution in [0.2, 0.25) is 19.6 Å². The molecule has 94 valence electrons. The lowest BCUT2D eigenvalue weighted by Crippen LogP contribution is -2.28. The van der Waals surface area contributed by atoms with E-state index in [4.69, 9.17) is 4.74 Å². The molecule has 0 bridgehead atoms. The second-order valence-electron chi connectivity index (χ2n) is 5.18. The highest BCUT2D eigenvalue weighted by Crippen LogP contribution is 2.28. The van der Waals surface area contributed by atoms with Gasteiger partial charge in [0.1, 0.15) is 0 Å². The topological polar surface area (TPSA) is 29.5 Å². The van der Waals surface area contributed by atoms with Gasteiger partial charge in [0.15, 0.2) is 0 Å². The van der Waals surface area contributed by atoms with Crippen LogP contribution in [-0.4, -0.2) is 26.9 Å². The fraction of sp³-hybridized carbons (Fsp3) is 0.429. The third-order valence-corrected chi connectivity index (χ3v) is 4.96. The number of benzene rings is 1. The highest BCUT2D eigenvalue weighted by Gasteiger charge is 2.26. The van der Waals surface area contributed by atoms with E-state index in [1.807, 2.05) is 36.4 Å². The van der Waals surface area contributed by atoms with Crippen molar-refractivity contribution in [3.05, 3.63) is 47.2 Å². The minimum absolute atomic E-state index is 0.502. The third kappa shape index (κ3) is 4.11. The van der Waals surface area contributed by atoms with Crippen molar-refractivity contribution in [2.75, 3.05) is 13.7 Å². The lowest BCUT2D eigenvalue weighted by atomic mass is 10.1. The maximum absolute atomic E-state index is 10.5. The van der Waals surface area contributed by atoms with Gasteiger partial charge in [-0.1, -0.05) is 61.2 Å². The van der Waals surface area contributed by atoms with E-state index in [0.29, 0.717) is 6.61 Å². The van der Waals surface area contributed by atoms with E-state index in [2.05, 4.69) is 19.6 Å². The van der Waals surface area contributed by atoms with Gasteiger partial charge in [-0.05, 0) is 5.56 Å². The summed E-state index contributed by atoms with van der Waals surface area (Å²) in [4.78, 5) is 0. The van der Waals surface area contributed by atoms with Gasteiger partial charge in [0.05, 0.1) is 20.8 Å². The smallest absolute Gasteiger partial charge is 0.0967 e. The largest absolute Gasteiger partial charge is 0.384 e. The Bertz CT molecular complexity index is 366. The number of hydrogen-bond acceptors (Lipinski definition) is 2. The SMILES string of the molecule is COC/C=C(/C(O)c1ccccc1)[Si](C)(C)C. The monoisotopic (exact) mass is 250 g/mol. The first-order valence-corrected chi connectivity index (χ1v) is 9.39. The molecular weight excluding hydrogens is 228 g/mol. The first-order chi connectivity index (χ1) is 7.96. The Labute approximate surface area is 105 Å². The predicted molar refractivity (Wildman–Crippen MR) is 74.7 cm³/mol. The molecule has 2 nitrogen and oxygen atoms in total. The van der Waals surface area contributed by atoms with Gasteiger partial charge >= 0.3 is 0 Å². The zero-order chi connectivity index (χ0) is 12.9. The van der Waals surface area contributed by atoms with Gasteiger partial charge in [-0.25, -0.2) is 0 Å². The summed E-state index contributed by atoms with van der Waals surface area (Å²) in [6.45, 7) is 7.27. The number of rotatable bonds is 5. The first-order valence-electron chi connectivity index (χ1n) is 5.89. The molecule has 0 saturated carbocycles. The molecule has 0 amide bonds. The zero-order valence-corrected chi connectivity index (χ0v) is 12.1. The Kier molecular flexibility index (Phi) is 5.12. The molecule has 1 aromatic carbocycles. The van der Waals surface area contributed by atoms with Gasteiger partial charge in [0.2, 0.25) is 0 Å². The van der Waals surface area contributed by atoms with Gasteiger partial charge in [-0.15, -0.1) is 0 Å². The molecule has 1 aromatic rings. The molecule has 17 heavy (non-hydrogen) atoms. The summed E-state index contributed by atoms with van der Waals surface area (Å²) in [7, 11) is 0.135. The molecule has 0 aliphatic rings. The lowest BCUT2D eigenvalue weighted by molar-refractivity contribution is 0.213. The standard InChI is InChI=1S/C14H22O2Si/c1-16-11-10-13(17(2,3)4)14(15)12-8-6-5-7-9-12/h5-10,14-15H,11H2,1-4H3/b13-10-. The van der Waals surface area contributed by atoms with Crippen LogP contribution in [-0.2, 0) is 4.74 Å². The first kappa shape index (κ1) is 14.2. The van der Waals surface area contributed by atoms with E-state index >= 15 is 0 Å². The molecule has 1 N–H and O–H groups in total. The fourth-order valence-corrected chi connectivity index (χ4v) is 3.50. The summed E-state index contributed by atoms with van der Waals surface area (Å²) in [6, 6.07) is 9.80. The van der Waals surface area contributed by atoms with Gasteiger partial charge in [0.25, 0.3) is 0 Å². The Morgan fingerprint density at radius 3 is 2.35 bits per heavy atom. The Balaban J connectivity index is 3.00. The molecule has 1 unspecified atom stereocenters. The lowest BCUT2D eigenvalue weighted by Gasteiger charge is -2.26. The predicted octanol–water partition coefficient (Wildman–Crippen LogP) is 3.17. The second-order valence-corrected chi connectivity index (χ2v) is 10.3. The van der Waals surface area contributed by atoms with E-state index in [9.17, 15) is 5.11 Å². The minimum Gasteiger partial charge on any atom is -0.384 e. The summed E-state index contributed by atoms with van der Waals surface area (Å²) in [5.74, 6) is 0. The van der Waals surface area contributed by atoms with Crippen LogP contribution in [0.1, 0.15) is 11.7 Å². The number of aliphatic hydroxyl groups excluding tert-OH is 1. The van der Waals surface area contributed by atoms with Crippen molar-refractivity contribution >= 4 is 8.07 Å². The molecule has 0 fully saturated rings. The maximum Gasteiger partial charge on any atom is 0.0967 e. The van der Waals surface area contributed by atoms with Crippen LogP contribution >= 0.6 is 0 Å². The van der Waals surface area contributed by atoms with E-state index in [1.54, 1.807) is 7.11 Å². The van der Waals surface area contributed by atoms with Crippen molar-refractivity contribution in [3.8, 4) is 0 Å². The zero-order valence-electron chi connectivity index (χ0n) is 11.1. The van der Waals surface area contributed by atoms with Crippen molar-refractivity contribution in [1.29, 1.82) is 0 Å². The van der Waals surface area contributed by atoms with Crippen LogP contribution < -0.4 is 0 Å². The Morgan fingerprint density at radius 1 is 1.29 bits per heavy atom. The van der Waals surface area contributed by atoms with Gasteiger partial charge in [-0.2, -0.15) is 0 Å². The van der Waals surface area contributed by atoms with Gasteiger partial charge in [-0.3, -0.25) is 0 Å². The fourth-order valence-electron chi connectivity index (χ4n) is 1.82. The molecule has 0 spiro atoms. The minimum atomic E-state index is -1.54. The molecule has 1 rings (SSSR count). The van der Waals surface area contributed by atoms with Crippen LogP contribution in [0.15, 0.2) is 41.6 Å². The van der Waals surface area contributed by atoms with Crippen molar-refractivity contribution in [2.24, 2.45) is 0 Å². The van der Waals surface area contributed by atoms with Gasteiger partial charge in [0, 0.05) is 7.11 Å². The third-order valence-electron chi connectivity index (χ3n) is 2.75. The molecule has 0 radical (unpaired) electrons. The van der Waals surface area contributed by atoms with E-state index in [1.165, 1.54) is 0 Å². The van der Waals surface area contributed by atoms with Crippen LogP contribution in [0.25, 0.3) is 0 Å². The maximum atomic E-state index is 10.5. The van der Waals surface area contributed by atoms with Crippen LogP contribution in [0.5, 0.6) is 0 Å². The molecule has 0 saturated heterocycles. The summed E-state index contributed by atoms with van der Waals surface area (Å²) >= 11 is 0. The van der Waals surface area contributed by atoms with Crippen LogP contribution in [0.3, 0.4) is 0 Å². The number of ether oxygens (including phenoxy) is 1. The molecule has 3 heteroatoms. The number of methoxy groups -OCH3 is 1. The molecule has 0 heterocycles. The Hall–Kier alpha value is -0.903. The normalized spacial score (nSPS) is 14.8. The average Bonchev–Trinajstić information content (AvgIpc) is 2.29. The molecule has 0 aliphatic heterocycles. The molecule has 1 atom stereocenters. The van der Waals surface area contributed by atoms with Crippen molar-refractivity contribution in [2.45, 2.75) is 25.7 Å².